The lowest BCUT2D eigenvalue weighted by Gasteiger charge is -2.08. The number of hydrogen-bond donors (Lipinski definition) is 2. The van der Waals surface area contributed by atoms with E-state index in [0.717, 1.165) is 11.3 Å². The molecule has 1 aromatic heterocycles. The molecule has 0 fully saturated rings. The summed E-state index contributed by atoms with van der Waals surface area (Å²) in [6.07, 6.45) is 2.31. The number of hydrogen-bond acceptors (Lipinski definition) is 3. The lowest BCUT2D eigenvalue weighted by Crippen LogP contribution is -2.19. The van der Waals surface area contributed by atoms with Gasteiger partial charge in [-0.25, -0.2) is 4.98 Å². The van der Waals surface area contributed by atoms with Gasteiger partial charge in [0.15, 0.2) is 0 Å². The van der Waals surface area contributed by atoms with Crippen LogP contribution in [0.3, 0.4) is 0 Å². The molecule has 4 nitrogen and oxygen atoms in total. The van der Waals surface area contributed by atoms with Gasteiger partial charge in [-0.2, -0.15) is 0 Å². The maximum absolute atomic E-state index is 12.1. The molecule has 0 aliphatic carbocycles. The van der Waals surface area contributed by atoms with Gasteiger partial charge in [0.05, 0.1) is 5.69 Å². The molecule has 0 saturated carbocycles. The van der Waals surface area contributed by atoms with Gasteiger partial charge in [0, 0.05) is 18.5 Å². The average molecular weight is 255 g/mol. The molecule has 0 spiro atoms. The molecule has 98 valence electrons. The molecule has 2 aromatic rings. The van der Waals surface area contributed by atoms with Crippen LogP contribution in [0.1, 0.15) is 16.8 Å². The summed E-state index contributed by atoms with van der Waals surface area (Å²) in [6, 6.07) is 9.89. The Morgan fingerprint density at radius 3 is 2.74 bits per heavy atom. The second kappa shape index (κ2) is 6.00. The molecule has 0 aliphatic rings. The Kier molecular flexibility index (Phi) is 4.13. The third kappa shape index (κ3) is 3.31. The highest BCUT2D eigenvalue weighted by molar-refractivity contribution is 5.33. The van der Waals surface area contributed by atoms with Crippen LogP contribution in [0, 0.1) is 6.92 Å². The summed E-state index contributed by atoms with van der Waals surface area (Å²) in [6.45, 7) is 6.04. The minimum Gasteiger partial charge on any atom is -0.352 e. The molecule has 19 heavy (non-hydrogen) atoms. The van der Waals surface area contributed by atoms with Crippen molar-refractivity contribution < 1.29 is 0 Å². The Balaban J connectivity index is 2.27. The summed E-state index contributed by atoms with van der Waals surface area (Å²) in [5.74, 6) is 0.485. The minimum atomic E-state index is -0.0945. The van der Waals surface area contributed by atoms with Crippen molar-refractivity contribution in [3.63, 3.8) is 0 Å². The molecule has 0 amide bonds. The van der Waals surface area contributed by atoms with E-state index in [-0.39, 0.29) is 5.56 Å². The number of nitrogens with one attached hydrogen (secondary N) is 2. The lowest BCUT2D eigenvalue weighted by molar-refractivity contribution is 0.974. The van der Waals surface area contributed by atoms with Crippen LogP contribution < -0.4 is 10.9 Å². The van der Waals surface area contributed by atoms with Crippen LogP contribution >= 0.6 is 0 Å². The van der Waals surface area contributed by atoms with Crippen LogP contribution in [0.25, 0.3) is 0 Å². The van der Waals surface area contributed by atoms with Crippen molar-refractivity contribution >= 4 is 5.95 Å². The number of anilines is 1. The van der Waals surface area contributed by atoms with Crippen LogP contribution in [0.15, 0.2) is 47.8 Å². The van der Waals surface area contributed by atoms with Crippen LogP contribution in [0.2, 0.25) is 0 Å². The summed E-state index contributed by atoms with van der Waals surface area (Å²) in [5.41, 5.74) is 2.46. The zero-order chi connectivity index (χ0) is 13.7. The first-order chi connectivity index (χ1) is 9.20. The predicted molar refractivity (Wildman–Crippen MR) is 77.5 cm³/mol. The van der Waals surface area contributed by atoms with Crippen molar-refractivity contribution in [2.75, 3.05) is 11.9 Å². The average Bonchev–Trinajstić information content (AvgIpc) is 2.42. The molecular formula is C15H17N3O. The zero-order valence-corrected chi connectivity index (χ0v) is 10.9. The van der Waals surface area contributed by atoms with Gasteiger partial charge in [-0.05, 0) is 12.5 Å². The van der Waals surface area contributed by atoms with Gasteiger partial charge >= 0.3 is 0 Å². The van der Waals surface area contributed by atoms with E-state index in [2.05, 4.69) is 21.9 Å². The Morgan fingerprint density at radius 1 is 1.37 bits per heavy atom. The fourth-order valence-electron chi connectivity index (χ4n) is 1.87. The summed E-state index contributed by atoms with van der Waals surface area (Å²) >= 11 is 0. The largest absolute Gasteiger partial charge is 0.352 e. The fraction of sp³-hybridized carbons (Fsp3) is 0.200. The van der Waals surface area contributed by atoms with E-state index in [1.165, 1.54) is 0 Å². The number of H-pyrrole nitrogens is 1. The smallest absolute Gasteiger partial charge is 0.256 e. The number of aryl methyl sites for hydroxylation is 1. The maximum atomic E-state index is 12.1. The Labute approximate surface area is 112 Å². The number of rotatable bonds is 5. The minimum absolute atomic E-state index is 0.0945. The third-order valence-electron chi connectivity index (χ3n) is 2.86. The summed E-state index contributed by atoms with van der Waals surface area (Å²) in [7, 11) is 0. The second-order valence-corrected chi connectivity index (χ2v) is 4.31. The van der Waals surface area contributed by atoms with Crippen molar-refractivity contribution in [3.05, 3.63) is 70.2 Å². The van der Waals surface area contributed by atoms with E-state index in [1.54, 1.807) is 6.08 Å². The zero-order valence-electron chi connectivity index (χ0n) is 10.9. The Morgan fingerprint density at radius 2 is 2.11 bits per heavy atom. The SMILES string of the molecule is C=CCNc1nc(C)c(Cc2ccccc2)c(=O)[nH]1. The second-order valence-electron chi connectivity index (χ2n) is 4.31. The molecule has 0 bridgehead atoms. The molecule has 0 aliphatic heterocycles. The summed E-state index contributed by atoms with van der Waals surface area (Å²) in [5, 5.41) is 2.98. The summed E-state index contributed by atoms with van der Waals surface area (Å²) in [4.78, 5) is 19.2. The number of nitrogens with zero attached hydrogens (tertiary/aromatic N) is 1. The molecule has 0 saturated heterocycles. The summed E-state index contributed by atoms with van der Waals surface area (Å²) < 4.78 is 0. The molecule has 2 rings (SSSR count). The van der Waals surface area contributed by atoms with Crippen molar-refractivity contribution in [3.8, 4) is 0 Å². The van der Waals surface area contributed by atoms with Gasteiger partial charge in [-0.3, -0.25) is 9.78 Å². The first kappa shape index (κ1) is 13.1. The molecule has 2 N–H and O–H groups in total. The van der Waals surface area contributed by atoms with Gasteiger partial charge in [0.2, 0.25) is 5.95 Å². The highest BCUT2D eigenvalue weighted by atomic mass is 16.1. The highest BCUT2D eigenvalue weighted by Gasteiger charge is 2.08. The van der Waals surface area contributed by atoms with Crippen LogP contribution in [-0.2, 0) is 6.42 Å². The van der Waals surface area contributed by atoms with E-state index in [4.69, 9.17) is 0 Å². The highest BCUT2D eigenvalue weighted by Crippen LogP contribution is 2.09. The number of aromatic amines is 1. The van der Waals surface area contributed by atoms with Crippen LogP contribution in [0.5, 0.6) is 0 Å². The molecule has 0 unspecified atom stereocenters. The van der Waals surface area contributed by atoms with Crippen molar-refractivity contribution in [2.24, 2.45) is 0 Å². The monoisotopic (exact) mass is 255 g/mol. The molecular weight excluding hydrogens is 238 g/mol. The first-order valence-electron chi connectivity index (χ1n) is 6.19. The van der Waals surface area contributed by atoms with E-state index >= 15 is 0 Å². The molecule has 1 aromatic carbocycles. The van der Waals surface area contributed by atoms with Crippen molar-refractivity contribution in [1.29, 1.82) is 0 Å². The van der Waals surface area contributed by atoms with Gasteiger partial charge in [0.25, 0.3) is 5.56 Å². The van der Waals surface area contributed by atoms with Crippen LogP contribution in [-0.4, -0.2) is 16.5 Å². The van der Waals surface area contributed by atoms with Crippen molar-refractivity contribution in [1.82, 2.24) is 9.97 Å². The lowest BCUT2D eigenvalue weighted by atomic mass is 10.1. The van der Waals surface area contributed by atoms with E-state index in [9.17, 15) is 4.79 Å². The van der Waals surface area contributed by atoms with E-state index in [1.807, 2.05) is 37.3 Å². The Hall–Kier alpha value is -2.36. The quantitative estimate of drug-likeness (QED) is 0.806. The van der Waals surface area contributed by atoms with Gasteiger partial charge in [0.1, 0.15) is 0 Å². The maximum Gasteiger partial charge on any atom is 0.256 e. The molecule has 1 heterocycles. The number of aromatic nitrogens is 2. The molecule has 4 heteroatoms. The van der Waals surface area contributed by atoms with Gasteiger partial charge < -0.3 is 5.32 Å². The number of benzene rings is 1. The standard InChI is InChI=1S/C15H17N3O/c1-3-9-16-15-17-11(2)13(14(19)18-15)10-12-7-5-4-6-8-12/h3-8H,1,9-10H2,2H3,(H2,16,17,18,19). The third-order valence-corrected chi connectivity index (χ3v) is 2.86. The topological polar surface area (TPSA) is 57.8 Å². The van der Waals surface area contributed by atoms with E-state index < -0.39 is 0 Å². The van der Waals surface area contributed by atoms with Gasteiger partial charge in [-0.1, -0.05) is 36.4 Å². The molecule has 0 radical (unpaired) electrons. The van der Waals surface area contributed by atoms with E-state index in [0.29, 0.717) is 24.5 Å². The van der Waals surface area contributed by atoms with Gasteiger partial charge in [-0.15, -0.1) is 6.58 Å². The normalized spacial score (nSPS) is 10.2. The predicted octanol–water partition coefficient (Wildman–Crippen LogP) is 2.27. The molecule has 0 atom stereocenters. The fourth-order valence-corrected chi connectivity index (χ4v) is 1.87. The van der Waals surface area contributed by atoms with Crippen LogP contribution in [0.4, 0.5) is 5.95 Å². The Bertz CT molecular complexity index is 617. The first-order valence-corrected chi connectivity index (χ1v) is 6.19. The van der Waals surface area contributed by atoms with Crippen molar-refractivity contribution in [2.45, 2.75) is 13.3 Å².